The van der Waals surface area contributed by atoms with Crippen LogP contribution >= 0.6 is 0 Å². The van der Waals surface area contributed by atoms with Crippen molar-refractivity contribution in [1.29, 1.82) is 0 Å². The van der Waals surface area contributed by atoms with E-state index in [1.54, 1.807) is 32.9 Å². The molecular formula is C13H20N2O4S. The Balaban J connectivity index is 3.13. The smallest absolute Gasteiger partial charge is 0.323 e. The second kappa shape index (κ2) is 6.23. The van der Waals surface area contributed by atoms with Crippen molar-refractivity contribution in [3.05, 3.63) is 23.3 Å². The molecule has 0 saturated carbocycles. The largest absolute Gasteiger partial charge is 0.465 e. The van der Waals surface area contributed by atoms with E-state index in [-0.39, 0.29) is 11.5 Å². The fraction of sp³-hybridized carbons (Fsp3) is 0.462. The summed E-state index contributed by atoms with van der Waals surface area (Å²) >= 11 is 0. The van der Waals surface area contributed by atoms with E-state index in [2.05, 4.69) is 4.72 Å². The molecule has 0 saturated heterocycles. The maximum Gasteiger partial charge on any atom is 0.323 e. The number of rotatable bonds is 5. The van der Waals surface area contributed by atoms with Gasteiger partial charge in [0.2, 0.25) is 10.0 Å². The highest BCUT2D eigenvalue weighted by Gasteiger charge is 2.26. The molecule has 1 aromatic carbocycles. The SMILES string of the molecule is CCOC(=O)C(C)NS(=O)(=O)c1c(C)ccc(N)c1C. The highest BCUT2D eigenvalue weighted by Crippen LogP contribution is 2.24. The molecule has 0 amide bonds. The first-order valence-electron chi connectivity index (χ1n) is 6.25. The normalized spacial score (nSPS) is 13.0. The Hall–Kier alpha value is -1.60. The van der Waals surface area contributed by atoms with Crippen LogP contribution in [0.2, 0.25) is 0 Å². The average Bonchev–Trinajstić information content (AvgIpc) is 2.33. The van der Waals surface area contributed by atoms with E-state index in [1.165, 1.54) is 6.92 Å². The number of sulfonamides is 1. The molecule has 7 heteroatoms. The Kier molecular flexibility index (Phi) is 5.13. The number of carbonyl (C=O) groups excluding carboxylic acids is 1. The number of nitrogens with one attached hydrogen (secondary N) is 1. The van der Waals surface area contributed by atoms with Gasteiger partial charge < -0.3 is 10.5 Å². The number of aryl methyl sites for hydroxylation is 1. The van der Waals surface area contributed by atoms with Crippen LogP contribution in [0.5, 0.6) is 0 Å². The standard InChI is InChI=1S/C13H20N2O4S/c1-5-19-13(16)10(4)15-20(17,18)12-8(2)6-7-11(14)9(12)3/h6-7,10,15H,5,14H2,1-4H3. The summed E-state index contributed by atoms with van der Waals surface area (Å²) in [7, 11) is -3.84. The van der Waals surface area contributed by atoms with E-state index in [0.29, 0.717) is 16.8 Å². The van der Waals surface area contributed by atoms with Crippen LogP contribution in [0.25, 0.3) is 0 Å². The second-order valence-electron chi connectivity index (χ2n) is 4.52. The lowest BCUT2D eigenvalue weighted by atomic mass is 10.1. The lowest BCUT2D eigenvalue weighted by molar-refractivity contribution is -0.144. The van der Waals surface area contributed by atoms with Crippen molar-refractivity contribution in [2.24, 2.45) is 0 Å². The van der Waals surface area contributed by atoms with Crippen molar-refractivity contribution < 1.29 is 17.9 Å². The van der Waals surface area contributed by atoms with Crippen LogP contribution in [0.3, 0.4) is 0 Å². The Morgan fingerprint density at radius 1 is 1.40 bits per heavy atom. The Labute approximate surface area is 119 Å². The van der Waals surface area contributed by atoms with Gasteiger partial charge in [-0.2, -0.15) is 4.72 Å². The summed E-state index contributed by atoms with van der Waals surface area (Å²) in [5, 5.41) is 0. The van der Waals surface area contributed by atoms with E-state index in [0.717, 1.165) is 0 Å². The molecule has 0 heterocycles. The molecule has 1 atom stereocenters. The predicted molar refractivity (Wildman–Crippen MR) is 76.7 cm³/mol. The molecule has 1 rings (SSSR count). The molecule has 0 spiro atoms. The fourth-order valence-electron chi connectivity index (χ4n) is 1.86. The molecule has 20 heavy (non-hydrogen) atoms. The predicted octanol–water partition coefficient (Wildman–Crippen LogP) is 1.12. The zero-order chi connectivity index (χ0) is 15.5. The van der Waals surface area contributed by atoms with Crippen LogP contribution in [0.15, 0.2) is 17.0 Å². The van der Waals surface area contributed by atoms with Crippen LogP contribution in [-0.2, 0) is 19.6 Å². The zero-order valence-corrected chi connectivity index (χ0v) is 12.9. The summed E-state index contributed by atoms with van der Waals surface area (Å²) in [6.07, 6.45) is 0. The monoisotopic (exact) mass is 300 g/mol. The summed E-state index contributed by atoms with van der Waals surface area (Å²) < 4.78 is 31.8. The van der Waals surface area contributed by atoms with E-state index >= 15 is 0 Å². The highest BCUT2D eigenvalue weighted by molar-refractivity contribution is 7.89. The van der Waals surface area contributed by atoms with E-state index in [4.69, 9.17) is 10.5 Å². The molecule has 0 aliphatic heterocycles. The number of benzene rings is 1. The van der Waals surface area contributed by atoms with Gasteiger partial charge in [0.1, 0.15) is 6.04 Å². The zero-order valence-electron chi connectivity index (χ0n) is 12.1. The molecule has 3 N–H and O–H groups in total. The number of nitrogen functional groups attached to an aromatic ring is 1. The Bertz CT molecular complexity index is 611. The minimum atomic E-state index is -3.84. The summed E-state index contributed by atoms with van der Waals surface area (Å²) in [6, 6.07) is 2.32. The van der Waals surface area contributed by atoms with Gasteiger partial charge in [-0.3, -0.25) is 4.79 Å². The Morgan fingerprint density at radius 2 is 2.00 bits per heavy atom. The number of hydrogen-bond donors (Lipinski definition) is 2. The second-order valence-corrected chi connectivity index (χ2v) is 6.17. The van der Waals surface area contributed by atoms with Gasteiger partial charge in [-0.25, -0.2) is 8.42 Å². The van der Waals surface area contributed by atoms with Gasteiger partial charge in [-0.15, -0.1) is 0 Å². The minimum Gasteiger partial charge on any atom is -0.465 e. The van der Waals surface area contributed by atoms with Gasteiger partial charge in [0.05, 0.1) is 11.5 Å². The minimum absolute atomic E-state index is 0.105. The molecule has 0 aromatic heterocycles. The maximum atomic E-state index is 12.4. The van der Waals surface area contributed by atoms with Crippen molar-refractivity contribution in [3.63, 3.8) is 0 Å². The summed E-state index contributed by atoms with van der Waals surface area (Å²) in [6.45, 7) is 6.60. The van der Waals surface area contributed by atoms with Gasteiger partial charge >= 0.3 is 5.97 Å². The molecule has 0 fully saturated rings. The van der Waals surface area contributed by atoms with Gasteiger partial charge in [-0.05, 0) is 44.9 Å². The van der Waals surface area contributed by atoms with Crippen molar-refractivity contribution in [1.82, 2.24) is 4.72 Å². The number of nitrogens with two attached hydrogens (primary N) is 1. The third-order valence-electron chi connectivity index (χ3n) is 2.89. The van der Waals surface area contributed by atoms with Crippen LogP contribution in [-0.4, -0.2) is 27.0 Å². The van der Waals surface area contributed by atoms with Crippen LogP contribution in [0, 0.1) is 13.8 Å². The Morgan fingerprint density at radius 3 is 2.55 bits per heavy atom. The van der Waals surface area contributed by atoms with Gasteiger partial charge in [0.15, 0.2) is 0 Å². The van der Waals surface area contributed by atoms with E-state index < -0.39 is 22.0 Å². The van der Waals surface area contributed by atoms with Crippen LogP contribution in [0.4, 0.5) is 5.69 Å². The number of ether oxygens (including phenoxy) is 1. The van der Waals surface area contributed by atoms with Crippen molar-refractivity contribution in [3.8, 4) is 0 Å². The number of esters is 1. The summed E-state index contributed by atoms with van der Waals surface area (Å²) in [4.78, 5) is 11.6. The first-order valence-corrected chi connectivity index (χ1v) is 7.73. The molecule has 0 aliphatic rings. The summed E-state index contributed by atoms with van der Waals surface area (Å²) in [5.41, 5.74) is 7.17. The molecule has 0 aliphatic carbocycles. The molecular weight excluding hydrogens is 280 g/mol. The summed E-state index contributed by atoms with van der Waals surface area (Å²) in [5.74, 6) is -0.615. The number of anilines is 1. The number of hydrogen-bond acceptors (Lipinski definition) is 5. The lowest BCUT2D eigenvalue weighted by Gasteiger charge is -2.16. The topological polar surface area (TPSA) is 98.5 Å². The molecule has 6 nitrogen and oxygen atoms in total. The third kappa shape index (κ3) is 3.49. The van der Waals surface area contributed by atoms with Crippen molar-refractivity contribution >= 4 is 21.7 Å². The van der Waals surface area contributed by atoms with Crippen LogP contribution < -0.4 is 10.5 Å². The van der Waals surface area contributed by atoms with Gasteiger partial charge in [0.25, 0.3) is 0 Å². The van der Waals surface area contributed by atoms with Crippen molar-refractivity contribution in [2.75, 3.05) is 12.3 Å². The molecule has 1 aromatic rings. The molecule has 112 valence electrons. The quantitative estimate of drug-likeness (QED) is 0.627. The van der Waals surface area contributed by atoms with E-state index in [1.807, 2.05) is 0 Å². The third-order valence-corrected chi connectivity index (χ3v) is 4.71. The fourth-order valence-corrected chi connectivity index (χ4v) is 3.56. The maximum absolute atomic E-state index is 12.4. The van der Waals surface area contributed by atoms with Gasteiger partial charge in [-0.1, -0.05) is 6.07 Å². The van der Waals surface area contributed by atoms with E-state index in [9.17, 15) is 13.2 Å². The van der Waals surface area contributed by atoms with Gasteiger partial charge in [0, 0.05) is 5.69 Å². The first-order chi connectivity index (χ1) is 9.20. The first kappa shape index (κ1) is 16.5. The lowest BCUT2D eigenvalue weighted by Crippen LogP contribution is -2.40. The number of carbonyl (C=O) groups is 1. The molecule has 1 unspecified atom stereocenters. The highest BCUT2D eigenvalue weighted by atomic mass is 32.2. The average molecular weight is 300 g/mol. The molecule has 0 radical (unpaired) electrons. The van der Waals surface area contributed by atoms with Crippen molar-refractivity contribution in [2.45, 2.75) is 38.6 Å². The molecule has 0 bridgehead atoms. The van der Waals surface area contributed by atoms with Crippen LogP contribution in [0.1, 0.15) is 25.0 Å².